The van der Waals surface area contributed by atoms with Crippen molar-refractivity contribution in [1.29, 1.82) is 0 Å². The van der Waals surface area contributed by atoms with Crippen molar-refractivity contribution in [2.45, 2.75) is 142 Å². The standard InChI is InChI=1S/2C15H29NO2/c2*1-2-3-4-5-6-7-8-9-10-11-12-16-13-14-18-15(16)17/h2*2-14H2,1H3. The monoisotopic (exact) mass is 510 g/mol. The molecule has 0 bridgehead atoms. The van der Waals surface area contributed by atoms with Gasteiger partial charge in [-0.1, -0.05) is 129 Å². The van der Waals surface area contributed by atoms with E-state index in [-0.39, 0.29) is 12.2 Å². The number of cyclic esters (lactones) is 2. The number of carbonyl (C=O) groups excluding carboxylic acids is 2. The Balaban J connectivity index is 0.000000360. The molecule has 2 amide bonds. The van der Waals surface area contributed by atoms with E-state index in [0.29, 0.717) is 13.2 Å². The molecule has 0 saturated carbocycles. The van der Waals surface area contributed by atoms with Crippen molar-refractivity contribution in [2.24, 2.45) is 0 Å². The molecular formula is C30H58N2O4. The van der Waals surface area contributed by atoms with Crippen LogP contribution in [0.15, 0.2) is 0 Å². The predicted octanol–water partition coefficient (Wildman–Crippen LogP) is 8.72. The van der Waals surface area contributed by atoms with Gasteiger partial charge in [-0.05, 0) is 12.8 Å². The summed E-state index contributed by atoms with van der Waals surface area (Å²) in [6.07, 6.45) is 26.5. The molecule has 6 heteroatoms. The number of unbranched alkanes of at least 4 members (excludes halogenated alkanes) is 18. The lowest BCUT2D eigenvalue weighted by Gasteiger charge is -2.11. The van der Waals surface area contributed by atoms with Gasteiger partial charge in [0.25, 0.3) is 0 Å². The van der Waals surface area contributed by atoms with E-state index in [9.17, 15) is 9.59 Å². The van der Waals surface area contributed by atoms with Crippen molar-refractivity contribution in [2.75, 3.05) is 39.4 Å². The van der Waals surface area contributed by atoms with Gasteiger partial charge in [-0.3, -0.25) is 0 Å². The molecule has 2 aliphatic heterocycles. The van der Waals surface area contributed by atoms with Crippen LogP contribution in [0.1, 0.15) is 142 Å². The van der Waals surface area contributed by atoms with Crippen LogP contribution in [0, 0.1) is 0 Å². The van der Waals surface area contributed by atoms with Crippen LogP contribution in [0.2, 0.25) is 0 Å². The Kier molecular flexibility index (Phi) is 21.6. The second-order valence-electron chi connectivity index (χ2n) is 10.6. The molecule has 212 valence electrons. The smallest absolute Gasteiger partial charge is 0.409 e. The summed E-state index contributed by atoms with van der Waals surface area (Å²) in [5.74, 6) is 0. The maximum Gasteiger partial charge on any atom is 0.409 e. The van der Waals surface area contributed by atoms with Gasteiger partial charge in [0.15, 0.2) is 0 Å². The first kappa shape index (κ1) is 32.6. The van der Waals surface area contributed by atoms with Crippen molar-refractivity contribution in [3.8, 4) is 0 Å². The SMILES string of the molecule is CCCCCCCCCCCCN1CCOC1=O.CCCCCCCCCCCCN1CCOC1=O. The Labute approximate surface area is 222 Å². The summed E-state index contributed by atoms with van der Waals surface area (Å²) in [6, 6.07) is 0. The number of nitrogens with zero attached hydrogens (tertiary/aromatic N) is 2. The van der Waals surface area contributed by atoms with E-state index in [2.05, 4.69) is 13.8 Å². The highest BCUT2D eigenvalue weighted by atomic mass is 16.6. The molecule has 2 rings (SSSR count). The third-order valence-corrected chi connectivity index (χ3v) is 7.25. The highest BCUT2D eigenvalue weighted by Gasteiger charge is 2.21. The molecule has 2 fully saturated rings. The van der Waals surface area contributed by atoms with Crippen LogP contribution >= 0.6 is 0 Å². The van der Waals surface area contributed by atoms with E-state index >= 15 is 0 Å². The van der Waals surface area contributed by atoms with Crippen molar-refractivity contribution in [1.82, 2.24) is 9.80 Å². The predicted molar refractivity (Wildman–Crippen MR) is 150 cm³/mol. The fourth-order valence-electron chi connectivity index (χ4n) is 4.84. The van der Waals surface area contributed by atoms with E-state index in [1.165, 1.54) is 116 Å². The maximum absolute atomic E-state index is 11.2. The number of hydrogen-bond donors (Lipinski definition) is 0. The number of ether oxygens (including phenoxy) is 2. The van der Waals surface area contributed by atoms with E-state index in [1.807, 2.05) is 9.80 Å². The van der Waals surface area contributed by atoms with Crippen molar-refractivity contribution >= 4 is 12.2 Å². The van der Waals surface area contributed by atoms with Crippen LogP contribution in [0.3, 0.4) is 0 Å². The van der Waals surface area contributed by atoms with Crippen LogP contribution in [0.25, 0.3) is 0 Å². The zero-order valence-electron chi connectivity index (χ0n) is 23.9. The molecule has 2 heterocycles. The zero-order chi connectivity index (χ0) is 26.1. The summed E-state index contributed by atoms with van der Waals surface area (Å²) >= 11 is 0. The first-order valence-corrected chi connectivity index (χ1v) is 15.5. The quantitative estimate of drug-likeness (QED) is 0.137. The molecule has 0 aromatic rings. The third-order valence-electron chi connectivity index (χ3n) is 7.25. The first-order chi connectivity index (χ1) is 17.7. The van der Waals surface area contributed by atoms with Crippen LogP contribution in [-0.2, 0) is 9.47 Å². The second-order valence-corrected chi connectivity index (χ2v) is 10.6. The summed E-state index contributed by atoms with van der Waals surface area (Å²) in [7, 11) is 0. The molecule has 36 heavy (non-hydrogen) atoms. The fraction of sp³-hybridized carbons (Fsp3) is 0.933. The summed E-state index contributed by atoms with van der Waals surface area (Å²) in [6.45, 7) is 9.02. The molecule has 6 nitrogen and oxygen atoms in total. The second kappa shape index (κ2) is 23.9. The zero-order valence-corrected chi connectivity index (χ0v) is 23.9. The Hall–Kier alpha value is -1.46. The Bertz CT molecular complexity index is 483. The van der Waals surface area contributed by atoms with Crippen molar-refractivity contribution in [3.63, 3.8) is 0 Å². The Morgan fingerprint density at radius 3 is 1.00 bits per heavy atom. The minimum Gasteiger partial charge on any atom is -0.448 e. The summed E-state index contributed by atoms with van der Waals surface area (Å²) in [5, 5.41) is 0. The van der Waals surface area contributed by atoms with Gasteiger partial charge < -0.3 is 19.3 Å². The lowest BCUT2D eigenvalue weighted by atomic mass is 10.1. The maximum atomic E-state index is 11.2. The summed E-state index contributed by atoms with van der Waals surface area (Å²) < 4.78 is 9.79. The average Bonchev–Trinajstić information content (AvgIpc) is 3.49. The van der Waals surface area contributed by atoms with Crippen molar-refractivity contribution in [3.05, 3.63) is 0 Å². The molecular weight excluding hydrogens is 452 g/mol. The van der Waals surface area contributed by atoms with E-state index < -0.39 is 0 Å². The van der Waals surface area contributed by atoms with E-state index in [4.69, 9.17) is 9.47 Å². The lowest BCUT2D eigenvalue weighted by Crippen LogP contribution is -2.25. The summed E-state index contributed by atoms with van der Waals surface area (Å²) in [4.78, 5) is 26.0. The number of rotatable bonds is 22. The van der Waals surface area contributed by atoms with Gasteiger partial charge in [-0.25, -0.2) is 9.59 Å². The van der Waals surface area contributed by atoms with E-state index in [0.717, 1.165) is 39.0 Å². The molecule has 0 unspecified atom stereocenters. The van der Waals surface area contributed by atoms with Crippen LogP contribution in [0.5, 0.6) is 0 Å². The van der Waals surface area contributed by atoms with Gasteiger partial charge in [0.1, 0.15) is 13.2 Å². The minimum atomic E-state index is -0.120. The fourth-order valence-corrected chi connectivity index (χ4v) is 4.84. The number of hydrogen-bond acceptors (Lipinski definition) is 4. The topological polar surface area (TPSA) is 59.1 Å². The molecule has 0 atom stereocenters. The average molecular weight is 511 g/mol. The molecule has 0 spiro atoms. The molecule has 0 N–H and O–H groups in total. The molecule has 0 radical (unpaired) electrons. The van der Waals surface area contributed by atoms with Gasteiger partial charge in [-0.2, -0.15) is 0 Å². The van der Waals surface area contributed by atoms with Gasteiger partial charge in [0, 0.05) is 13.1 Å². The van der Waals surface area contributed by atoms with Gasteiger partial charge in [-0.15, -0.1) is 0 Å². The molecule has 0 aromatic carbocycles. The molecule has 2 aliphatic rings. The van der Waals surface area contributed by atoms with Gasteiger partial charge >= 0.3 is 12.2 Å². The Morgan fingerprint density at radius 2 is 0.750 bits per heavy atom. The molecule has 2 saturated heterocycles. The first-order valence-electron chi connectivity index (χ1n) is 15.5. The van der Waals surface area contributed by atoms with E-state index in [1.54, 1.807) is 0 Å². The third kappa shape index (κ3) is 17.9. The lowest BCUT2D eigenvalue weighted by molar-refractivity contribution is 0.157. The molecule has 0 aromatic heterocycles. The highest BCUT2D eigenvalue weighted by Crippen LogP contribution is 2.13. The molecule has 0 aliphatic carbocycles. The van der Waals surface area contributed by atoms with Crippen LogP contribution < -0.4 is 0 Å². The number of amides is 2. The minimum absolute atomic E-state index is 0.120. The summed E-state index contributed by atoms with van der Waals surface area (Å²) in [5.41, 5.74) is 0. The van der Waals surface area contributed by atoms with Crippen LogP contribution in [-0.4, -0.2) is 61.4 Å². The Morgan fingerprint density at radius 1 is 0.472 bits per heavy atom. The van der Waals surface area contributed by atoms with Crippen molar-refractivity contribution < 1.29 is 19.1 Å². The largest absolute Gasteiger partial charge is 0.448 e. The normalized spacial score (nSPS) is 15.2. The van der Waals surface area contributed by atoms with Gasteiger partial charge in [0.2, 0.25) is 0 Å². The van der Waals surface area contributed by atoms with Gasteiger partial charge in [0.05, 0.1) is 13.1 Å². The highest BCUT2D eigenvalue weighted by molar-refractivity contribution is 5.69. The van der Waals surface area contributed by atoms with Crippen LogP contribution in [0.4, 0.5) is 9.59 Å². The number of carbonyl (C=O) groups is 2.